The van der Waals surface area contributed by atoms with Crippen LogP contribution in [0, 0.1) is 0 Å². The summed E-state index contributed by atoms with van der Waals surface area (Å²) in [6.07, 6.45) is 4.41. The van der Waals surface area contributed by atoms with Crippen LogP contribution >= 0.6 is 0 Å². The van der Waals surface area contributed by atoms with Gasteiger partial charge in [-0.25, -0.2) is 0 Å². The molecule has 1 unspecified atom stereocenters. The predicted molar refractivity (Wildman–Crippen MR) is 77.2 cm³/mol. The van der Waals surface area contributed by atoms with E-state index in [4.69, 9.17) is 5.11 Å². The Morgan fingerprint density at radius 3 is 2.63 bits per heavy atom. The molecule has 1 aromatic carbocycles. The molecule has 0 saturated heterocycles. The fourth-order valence-corrected chi connectivity index (χ4v) is 2.83. The average molecular weight is 263 g/mol. The first-order valence-corrected chi connectivity index (χ1v) is 7.37. The van der Waals surface area contributed by atoms with Gasteiger partial charge in [0.25, 0.3) is 0 Å². The summed E-state index contributed by atoms with van der Waals surface area (Å²) in [7, 11) is 0. The molecule has 0 amide bonds. The summed E-state index contributed by atoms with van der Waals surface area (Å²) in [5.74, 6) is 0. The van der Waals surface area contributed by atoms with E-state index in [2.05, 4.69) is 30.0 Å². The highest BCUT2D eigenvalue weighted by atomic mass is 16.3. The van der Waals surface area contributed by atoms with E-state index >= 15 is 0 Å². The van der Waals surface area contributed by atoms with Gasteiger partial charge in [0.2, 0.25) is 0 Å². The molecule has 0 aromatic heterocycles. The normalized spacial score (nSPS) is 16.4. The van der Waals surface area contributed by atoms with Crippen molar-refractivity contribution in [2.45, 2.75) is 38.7 Å². The molecule has 0 heterocycles. The monoisotopic (exact) mass is 263 g/mol. The minimum atomic E-state index is -0.460. The van der Waals surface area contributed by atoms with Gasteiger partial charge in [-0.2, -0.15) is 0 Å². The number of hydrogen-bond donors (Lipinski definition) is 2. The smallest absolute Gasteiger partial charge is 0.0917 e. The van der Waals surface area contributed by atoms with Crippen LogP contribution in [-0.2, 0) is 12.8 Å². The summed E-state index contributed by atoms with van der Waals surface area (Å²) in [5, 5.41) is 19.3. The van der Waals surface area contributed by atoms with Crippen LogP contribution in [0.4, 0.5) is 0 Å². The van der Waals surface area contributed by atoms with Gasteiger partial charge < -0.3 is 10.2 Å². The maximum atomic E-state index is 10.3. The Morgan fingerprint density at radius 2 is 1.95 bits per heavy atom. The number of nitrogens with zero attached hydrogens (tertiary/aromatic N) is 1. The number of aliphatic hydroxyl groups is 2. The Morgan fingerprint density at radius 1 is 1.21 bits per heavy atom. The molecular weight excluding hydrogens is 238 g/mol. The maximum absolute atomic E-state index is 10.3. The van der Waals surface area contributed by atoms with Crippen LogP contribution < -0.4 is 0 Å². The van der Waals surface area contributed by atoms with Gasteiger partial charge in [0.15, 0.2) is 0 Å². The summed E-state index contributed by atoms with van der Waals surface area (Å²) in [5.41, 5.74) is 3.87. The van der Waals surface area contributed by atoms with Crippen molar-refractivity contribution in [3.63, 3.8) is 0 Å². The third-order valence-corrected chi connectivity index (χ3v) is 4.05. The van der Waals surface area contributed by atoms with Gasteiger partial charge in [-0.1, -0.05) is 25.1 Å². The summed E-state index contributed by atoms with van der Waals surface area (Å²) in [6.45, 7) is 4.26. The minimum Gasteiger partial charge on any atom is -0.395 e. The van der Waals surface area contributed by atoms with Crippen molar-refractivity contribution < 1.29 is 10.2 Å². The second-order valence-electron chi connectivity index (χ2n) is 5.37. The van der Waals surface area contributed by atoms with Gasteiger partial charge in [0.1, 0.15) is 0 Å². The lowest BCUT2D eigenvalue weighted by Gasteiger charge is -2.24. The first-order chi connectivity index (χ1) is 9.24. The first kappa shape index (κ1) is 14.5. The Kier molecular flexibility index (Phi) is 5.37. The predicted octanol–water partition coefficient (Wildman–Crippen LogP) is 1.91. The molecule has 0 spiro atoms. The van der Waals surface area contributed by atoms with E-state index in [1.807, 2.05) is 0 Å². The molecule has 2 N–H and O–H groups in total. The highest BCUT2D eigenvalue weighted by molar-refractivity contribution is 5.34. The zero-order valence-corrected chi connectivity index (χ0v) is 11.8. The van der Waals surface area contributed by atoms with E-state index < -0.39 is 6.10 Å². The fourth-order valence-electron chi connectivity index (χ4n) is 2.83. The number of benzene rings is 1. The topological polar surface area (TPSA) is 43.7 Å². The van der Waals surface area contributed by atoms with Crippen LogP contribution in [0.1, 0.15) is 42.6 Å². The van der Waals surface area contributed by atoms with Crippen molar-refractivity contribution >= 4 is 0 Å². The number of likely N-dealkylation sites (N-methyl/N-ethyl adjacent to an activating group) is 1. The highest BCUT2D eigenvalue weighted by Crippen LogP contribution is 2.25. The Hall–Kier alpha value is -0.900. The van der Waals surface area contributed by atoms with Crippen LogP contribution in [0.2, 0.25) is 0 Å². The third kappa shape index (κ3) is 3.78. The summed E-state index contributed by atoms with van der Waals surface area (Å²) >= 11 is 0. The maximum Gasteiger partial charge on any atom is 0.0917 e. The van der Waals surface area contributed by atoms with Crippen molar-refractivity contribution in [1.29, 1.82) is 0 Å². The summed E-state index contributed by atoms with van der Waals surface area (Å²) in [6, 6.07) is 6.41. The van der Waals surface area contributed by atoms with E-state index in [9.17, 15) is 5.11 Å². The molecule has 1 aliphatic carbocycles. The molecule has 0 fully saturated rings. The van der Waals surface area contributed by atoms with Crippen molar-refractivity contribution in [2.75, 3.05) is 26.2 Å². The van der Waals surface area contributed by atoms with Crippen molar-refractivity contribution in [3.8, 4) is 0 Å². The molecule has 2 rings (SSSR count). The molecule has 0 saturated carbocycles. The van der Waals surface area contributed by atoms with Crippen molar-refractivity contribution in [2.24, 2.45) is 0 Å². The number of hydrogen-bond acceptors (Lipinski definition) is 3. The van der Waals surface area contributed by atoms with Gasteiger partial charge in [0.05, 0.1) is 12.7 Å². The van der Waals surface area contributed by atoms with E-state index in [1.165, 1.54) is 30.4 Å². The van der Waals surface area contributed by atoms with Gasteiger partial charge >= 0.3 is 0 Å². The summed E-state index contributed by atoms with van der Waals surface area (Å²) in [4.78, 5) is 2.07. The number of rotatable bonds is 6. The Bertz CT molecular complexity index is 406. The second kappa shape index (κ2) is 7.04. The van der Waals surface area contributed by atoms with Crippen LogP contribution in [0.5, 0.6) is 0 Å². The zero-order chi connectivity index (χ0) is 13.7. The van der Waals surface area contributed by atoms with Crippen molar-refractivity contribution in [3.05, 3.63) is 34.9 Å². The van der Waals surface area contributed by atoms with Gasteiger partial charge in [0, 0.05) is 13.1 Å². The molecule has 1 atom stereocenters. The van der Waals surface area contributed by atoms with Gasteiger partial charge in [-0.15, -0.1) is 0 Å². The molecule has 3 heteroatoms. The molecule has 1 aliphatic rings. The second-order valence-corrected chi connectivity index (χ2v) is 5.37. The van der Waals surface area contributed by atoms with Gasteiger partial charge in [-0.3, -0.25) is 4.90 Å². The van der Waals surface area contributed by atoms with Crippen LogP contribution in [0.15, 0.2) is 18.2 Å². The lowest BCUT2D eigenvalue weighted by molar-refractivity contribution is 0.103. The van der Waals surface area contributed by atoms with E-state index in [0.717, 1.165) is 18.5 Å². The molecule has 0 bridgehead atoms. The number of aryl methyl sites for hydroxylation is 2. The highest BCUT2D eigenvalue weighted by Gasteiger charge is 2.15. The largest absolute Gasteiger partial charge is 0.395 e. The van der Waals surface area contributed by atoms with Crippen LogP contribution in [0.3, 0.4) is 0 Å². The minimum absolute atomic E-state index is 0.144. The molecule has 1 aromatic rings. The van der Waals surface area contributed by atoms with Crippen LogP contribution in [0.25, 0.3) is 0 Å². The Labute approximate surface area is 115 Å². The van der Waals surface area contributed by atoms with E-state index in [1.54, 1.807) is 0 Å². The van der Waals surface area contributed by atoms with E-state index in [-0.39, 0.29) is 6.61 Å². The molecule has 0 aliphatic heterocycles. The molecule has 3 nitrogen and oxygen atoms in total. The molecular formula is C16H25NO2. The zero-order valence-electron chi connectivity index (χ0n) is 11.8. The fraction of sp³-hybridized carbons (Fsp3) is 0.625. The van der Waals surface area contributed by atoms with Gasteiger partial charge in [-0.05, 0) is 48.9 Å². The SMILES string of the molecule is CCN(CCO)CC(O)c1ccc2c(c1)CCCC2. The average Bonchev–Trinajstić information content (AvgIpc) is 2.46. The van der Waals surface area contributed by atoms with Crippen molar-refractivity contribution in [1.82, 2.24) is 4.90 Å². The lowest BCUT2D eigenvalue weighted by Crippen LogP contribution is -2.31. The summed E-state index contributed by atoms with van der Waals surface area (Å²) < 4.78 is 0. The number of fused-ring (bicyclic) bond motifs is 1. The lowest BCUT2D eigenvalue weighted by atomic mass is 9.89. The van der Waals surface area contributed by atoms with Crippen LogP contribution in [-0.4, -0.2) is 41.4 Å². The Balaban J connectivity index is 2.04. The standard InChI is InChI=1S/C16H25NO2/c1-2-17(9-10-18)12-16(19)15-8-7-13-5-3-4-6-14(13)11-15/h7-8,11,16,18-19H,2-6,9-10,12H2,1H3. The quantitative estimate of drug-likeness (QED) is 0.824. The molecule has 19 heavy (non-hydrogen) atoms. The van der Waals surface area contributed by atoms with E-state index in [0.29, 0.717) is 13.1 Å². The third-order valence-electron chi connectivity index (χ3n) is 4.05. The number of aliphatic hydroxyl groups excluding tert-OH is 2. The first-order valence-electron chi connectivity index (χ1n) is 7.37. The molecule has 106 valence electrons. The molecule has 0 radical (unpaired) electrons.